The fourth-order valence-corrected chi connectivity index (χ4v) is 1.29. The highest BCUT2D eigenvalue weighted by atomic mass is 16.6. The molecule has 2 rings (SSSR count). The van der Waals surface area contributed by atoms with Crippen LogP contribution >= 0.6 is 0 Å². The zero-order chi connectivity index (χ0) is 9.80. The van der Waals surface area contributed by atoms with E-state index >= 15 is 0 Å². The van der Waals surface area contributed by atoms with Crippen LogP contribution in [-0.4, -0.2) is 16.9 Å². The molecule has 0 N–H and O–H groups in total. The number of oxime groups is 1. The van der Waals surface area contributed by atoms with Gasteiger partial charge < -0.3 is 4.84 Å². The Balaban J connectivity index is 2.48. The lowest BCUT2D eigenvalue weighted by molar-refractivity contribution is 0.134. The van der Waals surface area contributed by atoms with E-state index in [0.717, 1.165) is 16.5 Å². The molecule has 0 aliphatic heterocycles. The van der Waals surface area contributed by atoms with Crippen molar-refractivity contribution in [1.29, 1.82) is 0 Å². The van der Waals surface area contributed by atoms with Gasteiger partial charge in [-0.2, -0.15) is 10.2 Å². The number of hydrogen-bond donors (Lipinski definition) is 0. The van der Waals surface area contributed by atoms with Crippen LogP contribution in [-0.2, 0) is 11.4 Å². The second kappa shape index (κ2) is 3.83. The Morgan fingerprint density at radius 2 is 2.21 bits per heavy atom. The van der Waals surface area contributed by atoms with E-state index < -0.39 is 0 Å². The molecule has 0 fully saturated rings. The fraction of sp³-hybridized carbons (Fsp3) is 0.100. The highest BCUT2D eigenvalue weighted by Crippen LogP contribution is 2.15. The summed E-state index contributed by atoms with van der Waals surface area (Å²) in [4.78, 5) is 4.87. The zero-order valence-electron chi connectivity index (χ0n) is 7.55. The molecule has 0 bridgehead atoms. The molecule has 4 heteroatoms. The highest BCUT2D eigenvalue weighted by Gasteiger charge is 2.01. The first-order valence-electron chi connectivity index (χ1n) is 4.19. The molecule has 14 heavy (non-hydrogen) atoms. The summed E-state index contributed by atoms with van der Waals surface area (Å²) in [5, 5.41) is 12.2. The van der Waals surface area contributed by atoms with E-state index in [4.69, 9.17) is 4.84 Å². The standard InChI is InChI=1S/C10H9N3O/c1-11-14-7-8-6-12-13-10-5-3-2-4-9(8)10/h2-6H,1,7H2. The molecule has 0 saturated heterocycles. The minimum Gasteiger partial charge on any atom is -0.391 e. The van der Waals surface area contributed by atoms with Crippen molar-refractivity contribution in [3.05, 3.63) is 36.0 Å². The molecular formula is C10H9N3O. The van der Waals surface area contributed by atoms with Gasteiger partial charge in [0, 0.05) is 17.7 Å². The first-order valence-corrected chi connectivity index (χ1v) is 4.19. The van der Waals surface area contributed by atoms with E-state index in [1.54, 1.807) is 6.20 Å². The number of hydrogen-bond acceptors (Lipinski definition) is 4. The molecule has 0 aliphatic rings. The van der Waals surface area contributed by atoms with Crippen LogP contribution in [0.15, 0.2) is 35.6 Å². The minimum atomic E-state index is 0.375. The predicted molar refractivity (Wildman–Crippen MR) is 53.9 cm³/mol. The summed E-state index contributed by atoms with van der Waals surface area (Å²) in [5.74, 6) is 0. The largest absolute Gasteiger partial charge is 0.391 e. The van der Waals surface area contributed by atoms with Gasteiger partial charge in [0.2, 0.25) is 0 Å². The normalized spacial score (nSPS) is 10.0. The van der Waals surface area contributed by atoms with Crippen LogP contribution in [0.1, 0.15) is 5.56 Å². The van der Waals surface area contributed by atoms with Crippen molar-refractivity contribution in [3.8, 4) is 0 Å². The fourth-order valence-electron chi connectivity index (χ4n) is 1.29. The van der Waals surface area contributed by atoms with Gasteiger partial charge in [0.1, 0.15) is 6.61 Å². The number of rotatable bonds is 3. The minimum absolute atomic E-state index is 0.375. The Morgan fingerprint density at radius 3 is 3.07 bits per heavy atom. The van der Waals surface area contributed by atoms with Gasteiger partial charge in [-0.05, 0) is 6.07 Å². The molecule has 2 aromatic rings. The van der Waals surface area contributed by atoms with Crippen molar-refractivity contribution in [2.24, 2.45) is 5.16 Å². The third kappa shape index (κ3) is 1.54. The lowest BCUT2D eigenvalue weighted by atomic mass is 10.1. The van der Waals surface area contributed by atoms with E-state index in [0.29, 0.717) is 6.61 Å². The Labute approximate surface area is 81.2 Å². The summed E-state index contributed by atoms with van der Waals surface area (Å²) in [6.07, 6.45) is 1.67. The van der Waals surface area contributed by atoms with Gasteiger partial charge in [0.25, 0.3) is 0 Å². The smallest absolute Gasteiger partial charge is 0.144 e. The highest BCUT2D eigenvalue weighted by molar-refractivity contribution is 5.80. The SMILES string of the molecule is C=NOCc1cnnc2ccccc12. The van der Waals surface area contributed by atoms with Gasteiger partial charge in [-0.25, -0.2) is 0 Å². The number of fused-ring (bicyclic) bond motifs is 1. The van der Waals surface area contributed by atoms with Gasteiger partial charge in [-0.15, -0.1) is 5.16 Å². The third-order valence-electron chi connectivity index (χ3n) is 1.94. The van der Waals surface area contributed by atoms with Crippen molar-refractivity contribution < 1.29 is 4.84 Å². The van der Waals surface area contributed by atoms with Crippen molar-refractivity contribution in [3.63, 3.8) is 0 Å². The second-order valence-corrected chi connectivity index (χ2v) is 2.79. The summed E-state index contributed by atoms with van der Waals surface area (Å²) < 4.78 is 0. The van der Waals surface area contributed by atoms with Crippen LogP contribution in [0.3, 0.4) is 0 Å². The molecule has 0 radical (unpaired) electrons. The Kier molecular flexibility index (Phi) is 2.36. The molecule has 1 aromatic heterocycles. The molecule has 1 aromatic carbocycles. The van der Waals surface area contributed by atoms with Crippen LogP contribution < -0.4 is 0 Å². The topological polar surface area (TPSA) is 47.4 Å². The first-order chi connectivity index (χ1) is 6.92. The van der Waals surface area contributed by atoms with Crippen molar-refractivity contribution in [2.75, 3.05) is 0 Å². The number of benzene rings is 1. The number of aromatic nitrogens is 2. The molecule has 0 spiro atoms. The van der Waals surface area contributed by atoms with Gasteiger partial charge in [0.15, 0.2) is 0 Å². The van der Waals surface area contributed by atoms with Crippen LogP contribution in [0, 0.1) is 0 Å². The summed E-state index contributed by atoms with van der Waals surface area (Å²) >= 11 is 0. The van der Waals surface area contributed by atoms with E-state index in [-0.39, 0.29) is 0 Å². The maximum absolute atomic E-state index is 4.87. The predicted octanol–water partition coefficient (Wildman–Crippen LogP) is 1.76. The van der Waals surface area contributed by atoms with Crippen LogP contribution in [0.4, 0.5) is 0 Å². The van der Waals surface area contributed by atoms with Gasteiger partial charge in [-0.1, -0.05) is 18.2 Å². The molecule has 70 valence electrons. The maximum atomic E-state index is 4.87. The number of nitrogens with zero attached hydrogens (tertiary/aromatic N) is 3. The quantitative estimate of drug-likeness (QED) is 0.543. The van der Waals surface area contributed by atoms with E-state index in [1.807, 2.05) is 24.3 Å². The average Bonchev–Trinajstić information content (AvgIpc) is 2.26. The third-order valence-corrected chi connectivity index (χ3v) is 1.94. The first kappa shape index (κ1) is 8.62. The second-order valence-electron chi connectivity index (χ2n) is 2.79. The molecule has 0 atom stereocenters. The molecule has 0 amide bonds. The van der Waals surface area contributed by atoms with Gasteiger partial charge >= 0.3 is 0 Å². The van der Waals surface area contributed by atoms with E-state index in [9.17, 15) is 0 Å². The Bertz CT molecular complexity index is 451. The Morgan fingerprint density at radius 1 is 1.36 bits per heavy atom. The van der Waals surface area contributed by atoms with E-state index in [2.05, 4.69) is 22.1 Å². The molecule has 0 unspecified atom stereocenters. The van der Waals surface area contributed by atoms with Crippen molar-refractivity contribution >= 4 is 17.6 Å². The summed E-state index contributed by atoms with van der Waals surface area (Å²) in [5.41, 5.74) is 1.82. The summed E-state index contributed by atoms with van der Waals surface area (Å²) in [6.45, 7) is 3.62. The lowest BCUT2D eigenvalue weighted by Gasteiger charge is -2.02. The zero-order valence-corrected chi connectivity index (χ0v) is 7.55. The summed E-state index contributed by atoms with van der Waals surface area (Å²) in [7, 11) is 0. The molecule has 1 heterocycles. The summed E-state index contributed by atoms with van der Waals surface area (Å²) in [6, 6.07) is 7.77. The monoisotopic (exact) mass is 187 g/mol. The van der Waals surface area contributed by atoms with Gasteiger partial charge in [-0.3, -0.25) is 0 Å². The van der Waals surface area contributed by atoms with E-state index in [1.165, 1.54) is 0 Å². The van der Waals surface area contributed by atoms with Crippen molar-refractivity contribution in [2.45, 2.75) is 6.61 Å². The Hall–Kier alpha value is -1.97. The van der Waals surface area contributed by atoms with Crippen LogP contribution in [0.2, 0.25) is 0 Å². The molecule has 0 saturated carbocycles. The average molecular weight is 187 g/mol. The van der Waals surface area contributed by atoms with Crippen LogP contribution in [0.5, 0.6) is 0 Å². The molecule has 4 nitrogen and oxygen atoms in total. The maximum Gasteiger partial charge on any atom is 0.144 e. The lowest BCUT2D eigenvalue weighted by Crippen LogP contribution is -1.92. The van der Waals surface area contributed by atoms with Gasteiger partial charge in [0.05, 0.1) is 11.7 Å². The molecular weight excluding hydrogens is 178 g/mol. The van der Waals surface area contributed by atoms with Crippen LogP contribution in [0.25, 0.3) is 10.9 Å². The molecule has 0 aliphatic carbocycles. The van der Waals surface area contributed by atoms with Crippen molar-refractivity contribution in [1.82, 2.24) is 10.2 Å².